The molecule has 96 valence electrons. The molecule has 0 fully saturated rings. The summed E-state index contributed by atoms with van der Waals surface area (Å²) in [6.07, 6.45) is 1.90. The van der Waals surface area contributed by atoms with Crippen LogP contribution >= 0.6 is 0 Å². The highest BCUT2D eigenvalue weighted by molar-refractivity contribution is 6.24. The number of H-pyrrole nitrogens is 1. The minimum absolute atomic E-state index is 0.178. The van der Waals surface area contributed by atoms with E-state index < -0.39 is 0 Å². The topological polar surface area (TPSA) is 57.2 Å². The molecule has 2 N–H and O–H groups in total. The Bertz CT molecular complexity index is 847. The van der Waals surface area contributed by atoms with Crippen LogP contribution in [0.3, 0.4) is 0 Å². The second-order valence-electron chi connectivity index (χ2n) is 4.70. The molecule has 4 nitrogen and oxygen atoms in total. The second-order valence-corrected chi connectivity index (χ2v) is 4.70. The van der Waals surface area contributed by atoms with Crippen LogP contribution in [-0.2, 0) is 0 Å². The van der Waals surface area contributed by atoms with E-state index in [1.54, 1.807) is 0 Å². The van der Waals surface area contributed by atoms with Gasteiger partial charge in [-0.15, -0.1) is 0 Å². The summed E-state index contributed by atoms with van der Waals surface area (Å²) in [6, 6.07) is 15.5. The quantitative estimate of drug-likeness (QED) is 0.695. The fourth-order valence-corrected chi connectivity index (χ4v) is 2.60. The minimum Gasteiger partial charge on any atom is -0.360 e. The number of hydrogen-bond donors (Lipinski definition) is 2. The third kappa shape index (κ3) is 1.48. The van der Waals surface area contributed by atoms with Crippen molar-refractivity contribution < 1.29 is 4.79 Å². The Balaban J connectivity index is 2.05. The average molecular weight is 261 g/mol. The summed E-state index contributed by atoms with van der Waals surface area (Å²) in [5.74, 6) is -0.178. The average Bonchev–Trinajstić information content (AvgIpc) is 2.86. The summed E-state index contributed by atoms with van der Waals surface area (Å²) < 4.78 is 0. The SMILES string of the molecule is O=C1NN=C(c2ccccc2)c2c[nH]c3cccc1c23. The van der Waals surface area contributed by atoms with E-state index in [-0.39, 0.29) is 5.91 Å². The van der Waals surface area contributed by atoms with Gasteiger partial charge in [-0.2, -0.15) is 5.10 Å². The van der Waals surface area contributed by atoms with E-state index in [1.807, 2.05) is 54.7 Å². The summed E-state index contributed by atoms with van der Waals surface area (Å²) in [5, 5.41) is 5.21. The molecule has 20 heavy (non-hydrogen) atoms. The second kappa shape index (κ2) is 4.06. The fourth-order valence-electron chi connectivity index (χ4n) is 2.60. The Hall–Kier alpha value is -2.88. The molecule has 1 aliphatic rings. The van der Waals surface area contributed by atoms with Crippen LogP contribution in [0, 0.1) is 0 Å². The zero-order chi connectivity index (χ0) is 13.5. The van der Waals surface area contributed by atoms with Crippen LogP contribution in [0.5, 0.6) is 0 Å². The highest BCUT2D eigenvalue weighted by atomic mass is 16.2. The summed E-state index contributed by atoms with van der Waals surface area (Å²) >= 11 is 0. The van der Waals surface area contributed by atoms with Gasteiger partial charge in [0.2, 0.25) is 0 Å². The smallest absolute Gasteiger partial charge is 0.272 e. The lowest BCUT2D eigenvalue weighted by Gasteiger charge is -2.03. The summed E-state index contributed by atoms with van der Waals surface area (Å²) in [6.45, 7) is 0. The zero-order valence-corrected chi connectivity index (χ0v) is 10.6. The number of aromatic amines is 1. The summed E-state index contributed by atoms with van der Waals surface area (Å²) in [4.78, 5) is 15.3. The van der Waals surface area contributed by atoms with Gasteiger partial charge in [0.25, 0.3) is 5.91 Å². The van der Waals surface area contributed by atoms with Gasteiger partial charge >= 0.3 is 0 Å². The molecule has 0 saturated heterocycles. The van der Waals surface area contributed by atoms with Crippen LogP contribution in [-0.4, -0.2) is 16.6 Å². The largest absolute Gasteiger partial charge is 0.360 e. The molecule has 0 bridgehead atoms. The van der Waals surface area contributed by atoms with Crippen LogP contribution in [0.2, 0.25) is 0 Å². The minimum atomic E-state index is -0.178. The third-order valence-corrected chi connectivity index (χ3v) is 3.52. The highest BCUT2D eigenvalue weighted by Crippen LogP contribution is 2.27. The lowest BCUT2D eigenvalue weighted by atomic mass is 9.99. The Morgan fingerprint density at radius 1 is 0.900 bits per heavy atom. The number of amides is 1. The molecule has 4 heteroatoms. The molecule has 0 atom stereocenters. The number of carbonyl (C=O) groups is 1. The Kier molecular flexibility index (Phi) is 2.23. The molecule has 0 spiro atoms. The molecule has 3 aromatic rings. The van der Waals surface area contributed by atoms with Crippen molar-refractivity contribution in [2.24, 2.45) is 5.10 Å². The Morgan fingerprint density at radius 3 is 2.60 bits per heavy atom. The van der Waals surface area contributed by atoms with E-state index in [0.29, 0.717) is 5.56 Å². The Labute approximate surface area is 115 Å². The van der Waals surface area contributed by atoms with Crippen LogP contribution < -0.4 is 5.43 Å². The van der Waals surface area contributed by atoms with Crippen LogP contribution in [0.4, 0.5) is 0 Å². The van der Waals surface area contributed by atoms with Gasteiger partial charge in [0.05, 0.1) is 5.56 Å². The number of aromatic nitrogens is 1. The number of carbonyl (C=O) groups excluding carboxylic acids is 1. The van der Waals surface area contributed by atoms with E-state index in [1.165, 1.54) is 0 Å². The Morgan fingerprint density at radius 2 is 1.75 bits per heavy atom. The third-order valence-electron chi connectivity index (χ3n) is 3.52. The number of nitrogens with zero attached hydrogens (tertiary/aromatic N) is 1. The molecule has 1 amide bonds. The van der Waals surface area contributed by atoms with Gasteiger partial charge in [-0.25, -0.2) is 5.43 Å². The monoisotopic (exact) mass is 261 g/mol. The predicted octanol–water partition coefficient (Wildman–Crippen LogP) is 2.66. The van der Waals surface area contributed by atoms with Gasteiger partial charge in [-0.05, 0) is 12.1 Å². The molecular formula is C16H11N3O. The van der Waals surface area contributed by atoms with Crippen molar-refractivity contribution >= 4 is 22.5 Å². The van der Waals surface area contributed by atoms with Crippen LogP contribution in [0.15, 0.2) is 59.8 Å². The number of hydrogen-bond acceptors (Lipinski definition) is 2. The molecule has 4 rings (SSSR count). The lowest BCUT2D eigenvalue weighted by molar-refractivity contribution is 0.0957. The molecule has 0 unspecified atom stereocenters. The van der Waals surface area contributed by atoms with Crippen LogP contribution in [0.25, 0.3) is 10.9 Å². The summed E-state index contributed by atoms with van der Waals surface area (Å²) in [5.41, 5.74) is 6.91. The van der Waals surface area contributed by atoms with E-state index in [0.717, 1.165) is 27.7 Å². The molecule has 0 saturated carbocycles. The molecule has 1 aliphatic heterocycles. The fraction of sp³-hybridized carbons (Fsp3) is 0. The number of nitrogens with one attached hydrogen (secondary N) is 2. The van der Waals surface area contributed by atoms with Crippen molar-refractivity contribution in [2.45, 2.75) is 0 Å². The van der Waals surface area contributed by atoms with Gasteiger partial charge in [0.1, 0.15) is 5.71 Å². The number of hydrazone groups is 1. The first kappa shape index (κ1) is 11.0. The van der Waals surface area contributed by atoms with E-state index >= 15 is 0 Å². The maximum absolute atomic E-state index is 12.1. The molecule has 1 aromatic heterocycles. The van der Waals surface area contributed by atoms with Crippen molar-refractivity contribution in [1.29, 1.82) is 0 Å². The normalized spacial score (nSPS) is 13.8. The van der Waals surface area contributed by atoms with Gasteiger partial charge in [-0.1, -0.05) is 36.4 Å². The zero-order valence-electron chi connectivity index (χ0n) is 10.6. The molecule has 2 heterocycles. The van der Waals surface area contributed by atoms with E-state index in [2.05, 4.69) is 15.5 Å². The molecular weight excluding hydrogens is 250 g/mol. The highest BCUT2D eigenvalue weighted by Gasteiger charge is 2.21. The van der Waals surface area contributed by atoms with Crippen molar-refractivity contribution in [3.05, 3.63) is 71.4 Å². The maximum Gasteiger partial charge on any atom is 0.272 e. The van der Waals surface area contributed by atoms with Crippen molar-refractivity contribution in [3.8, 4) is 0 Å². The number of rotatable bonds is 1. The van der Waals surface area contributed by atoms with Gasteiger partial charge < -0.3 is 4.98 Å². The van der Waals surface area contributed by atoms with Gasteiger partial charge in [0, 0.05) is 28.2 Å². The van der Waals surface area contributed by atoms with Gasteiger partial charge in [-0.3, -0.25) is 4.79 Å². The van der Waals surface area contributed by atoms with Crippen molar-refractivity contribution in [1.82, 2.24) is 10.4 Å². The molecule has 0 aliphatic carbocycles. The van der Waals surface area contributed by atoms with E-state index in [9.17, 15) is 4.79 Å². The molecule has 2 aromatic carbocycles. The number of benzene rings is 2. The van der Waals surface area contributed by atoms with Gasteiger partial charge in [0.15, 0.2) is 0 Å². The summed E-state index contributed by atoms with van der Waals surface area (Å²) in [7, 11) is 0. The first-order valence-corrected chi connectivity index (χ1v) is 6.38. The first-order chi connectivity index (χ1) is 9.84. The lowest BCUT2D eigenvalue weighted by Crippen LogP contribution is -2.17. The maximum atomic E-state index is 12.1. The predicted molar refractivity (Wildman–Crippen MR) is 77.8 cm³/mol. The van der Waals surface area contributed by atoms with Crippen molar-refractivity contribution in [2.75, 3.05) is 0 Å². The first-order valence-electron chi connectivity index (χ1n) is 6.38. The van der Waals surface area contributed by atoms with Crippen molar-refractivity contribution in [3.63, 3.8) is 0 Å². The molecule has 0 radical (unpaired) electrons. The van der Waals surface area contributed by atoms with E-state index in [4.69, 9.17) is 0 Å². The van der Waals surface area contributed by atoms with Crippen LogP contribution in [0.1, 0.15) is 21.5 Å². The standard InChI is InChI=1S/C16H11N3O/c20-16-11-7-4-8-13-14(11)12(9-17-13)15(18-19-16)10-5-2-1-3-6-10/h1-9,17H,(H,19,20).